The zero-order chi connectivity index (χ0) is 18.9. The fourth-order valence-corrected chi connectivity index (χ4v) is 2.19. The van der Waals surface area contributed by atoms with E-state index in [-0.39, 0.29) is 16.8 Å². The molecule has 2 aromatic carbocycles. The number of aliphatic imine (C=N–C) groups is 1. The number of amidine groups is 1. The molecule has 7 nitrogen and oxygen atoms in total. The van der Waals surface area contributed by atoms with E-state index >= 15 is 0 Å². The van der Waals surface area contributed by atoms with Crippen LogP contribution in [0.25, 0.3) is 0 Å². The number of hydrogen-bond acceptors (Lipinski definition) is 4. The highest BCUT2D eigenvalue weighted by Crippen LogP contribution is 2.18. The van der Waals surface area contributed by atoms with Crippen molar-refractivity contribution in [3.05, 3.63) is 54.1 Å². The number of halogens is 1. The van der Waals surface area contributed by atoms with Gasteiger partial charge in [0.25, 0.3) is 5.91 Å². The van der Waals surface area contributed by atoms with E-state index in [4.69, 9.17) is 34.3 Å². The first-order valence-electron chi connectivity index (χ1n) is 7.53. The van der Waals surface area contributed by atoms with Gasteiger partial charge in [0, 0.05) is 5.69 Å². The fraction of sp³-hybridized carbons (Fsp3) is 0.118. The average molecular weight is 392 g/mol. The van der Waals surface area contributed by atoms with Crippen molar-refractivity contribution in [2.45, 2.75) is 0 Å². The molecule has 0 aliphatic rings. The van der Waals surface area contributed by atoms with Gasteiger partial charge in [-0.15, -0.1) is 11.6 Å². The lowest BCUT2D eigenvalue weighted by atomic mass is 10.1. The Labute approximate surface area is 161 Å². The minimum absolute atomic E-state index is 0.0735. The number of ether oxygens (including phenoxy) is 1. The van der Waals surface area contributed by atoms with Crippen LogP contribution in [0.2, 0.25) is 0 Å². The molecule has 0 saturated carbocycles. The summed E-state index contributed by atoms with van der Waals surface area (Å²) in [7, 11) is 1.59. The zero-order valence-electron chi connectivity index (χ0n) is 14.0. The number of thiocarbonyl (C=S) groups is 1. The van der Waals surface area contributed by atoms with Crippen molar-refractivity contribution in [1.29, 1.82) is 0 Å². The Bertz CT molecular complexity index is 811. The number of rotatable bonds is 5. The summed E-state index contributed by atoms with van der Waals surface area (Å²) in [5.74, 6) is 0.614. The number of nitrogens with one attached hydrogen (secondary N) is 3. The number of hydrogen-bond donors (Lipinski definition) is 4. The predicted octanol–water partition coefficient (Wildman–Crippen LogP) is 2.55. The molecule has 0 unspecified atom stereocenters. The molecule has 0 fully saturated rings. The Hall–Kier alpha value is -2.84. The molecule has 0 spiro atoms. The van der Waals surface area contributed by atoms with Crippen molar-refractivity contribution < 1.29 is 9.53 Å². The van der Waals surface area contributed by atoms with Gasteiger partial charge in [0.1, 0.15) is 11.6 Å². The van der Waals surface area contributed by atoms with Crippen LogP contribution in [0.3, 0.4) is 0 Å². The van der Waals surface area contributed by atoms with Gasteiger partial charge in [0.15, 0.2) is 5.11 Å². The number of para-hydroxylation sites is 1. The van der Waals surface area contributed by atoms with Gasteiger partial charge >= 0.3 is 0 Å². The summed E-state index contributed by atoms with van der Waals surface area (Å²) < 4.78 is 5.09. The number of nitrogens with zero attached hydrogens (tertiary/aromatic N) is 1. The maximum Gasteiger partial charge on any atom is 0.271 e. The summed E-state index contributed by atoms with van der Waals surface area (Å²) in [4.78, 5) is 16.5. The predicted molar refractivity (Wildman–Crippen MR) is 108 cm³/mol. The van der Waals surface area contributed by atoms with Crippen molar-refractivity contribution in [3.63, 3.8) is 0 Å². The third-order valence-corrected chi connectivity index (χ3v) is 3.67. The molecule has 0 radical (unpaired) electrons. The van der Waals surface area contributed by atoms with E-state index in [1.165, 1.54) is 0 Å². The minimum Gasteiger partial charge on any atom is -0.497 e. The number of anilines is 1. The smallest absolute Gasteiger partial charge is 0.271 e. The Kier molecular flexibility index (Phi) is 7.19. The van der Waals surface area contributed by atoms with Gasteiger partial charge < -0.3 is 15.8 Å². The lowest BCUT2D eigenvalue weighted by molar-refractivity contribution is 0.0945. The minimum atomic E-state index is -0.411. The molecule has 9 heteroatoms. The third-order valence-electron chi connectivity index (χ3n) is 3.19. The Morgan fingerprint density at radius 3 is 2.54 bits per heavy atom. The van der Waals surface area contributed by atoms with E-state index in [0.717, 1.165) is 11.4 Å². The molecule has 2 rings (SSSR count). The van der Waals surface area contributed by atoms with Gasteiger partial charge in [-0.05, 0) is 48.6 Å². The van der Waals surface area contributed by atoms with Crippen LogP contribution in [0, 0.1) is 0 Å². The van der Waals surface area contributed by atoms with E-state index in [9.17, 15) is 4.79 Å². The van der Waals surface area contributed by atoms with Crippen molar-refractivity contribution in [2.75, 3.05) is 18.3 Å². The molecule has 0 bridgehead atoms. The summed E-state index contributed by atoms with van der Waals surface area (Å²) in [6.45, 7) is 0. The lowest BCUT2D eigenvalue weighted by Gasteiger charge is -2.13. The molecule has 0 atom stereocenters. The molecular weight excluding hydrogens is 374 g/mol. The third kappa shape index (κ3) is 5.61. The zero-order valence-corrected chi connectivity index (χ0v) is 15.5. The summed E-state index contributed by atoms with van der Waals surface area (Å²) in [6.07, 6.45) is 0. The molecule has 0 aliphatic heterocycles. The topological polar surface area (TPSA) is 101 Å². The molecule has 1 amide bonds. The monoisotopic (exact) mass is 391 g/mol. The van der Waals surface area contributed by atoms with Crippen molar-refractivity contribution in [1.82, 2.24) is 10.9 Å². The molecule has 5 N–H and O–H groups in total. The second-order valence-electron chi connectivity index (χ2n) is 5.02. The molecule has 2 aromatic rings. The molecule has 26 heavy (non-hydrogen) atoms. The standard InChI is InChI=1S/C17H18ClN5O2S/c1-25-12-8-6-11(7-9-12)20-17(26)23-22-16(24)13-4-2-3-5-14(13)21-15(19)10-18/h2-9H,10H2,1H3,(H2,19,21)(H,22,24)(H2,20,23,26). The van der Waals surface area contributed by atoms with Crippen LogP contribution >= 0.6 is 23.8 Å². The molecule has 136 valence electrons. The van der Waals surface area contributed by atoms with Crippen LogP contribution in [0.15, 0.2) is 53.5 Å². The number of amides is 1. The van der Waals surface area contributed by atoms with Crippen LogP contribution < -0.4 is 26.6 Å². The van der Waals surface area contributed by atoms with Crippen molar-refractivity contribution in [3.8, 4) is 5.75 Å². The number of hydrazine groups is 1. The van der Waals surface area contributed by atoms with Crippen molar-refractivity contribution >= 4 is 52.0 Å². The van der Waals surface area contributed by atoms with Crippen LogP contribution in [-0.2, 0) is 0 Å². The first-order chi connectivity index (χ1) is 12.5. The SMILES string of the molecule is COc1ccc(NC(=S)NNC(=O)c2ccccc2N=C(N)CCl)cc1. The number of benzene rings is 2. The summed E-state index contributed by atoms with van der Waals surface area (Å²) >= 11 is 10.8. The summed E-state index contributed by atoms with van der Waals surface area (Å²) in [5, 5.41) is 3.17. The largest absolute Gasteiger partial charge is 0.497 e. The Balaban J connectivity index is 1.96. The van der Waals surface area contributed by atoms with Crippen LogP contribution in [0.4, 0.5) is 11.4 Å². The van der Waals surface area contributed by atoms with Crippen LogP contribution in [0.5, 0.6) is 5.75 Å². The van der Waals surface area contributed by atoms with Gasteiger partial charge in [-0.2, -0.15) is 0 Å². The average Bonchev–Trinajstić information content (AvgIpc) is 2.67. The molecule has 0 aliphatic carbocycles. The molecule has 0 saturated heterocycles. The van der Waals surface area contributed by atoms with Gasteiger partial charge in [0.2, 0.25) is 0 Å². The van der Waals surface area contributed by atoms with E-state index in [1.54, 1.807) is 55.6 Å². The number of carbonyl (C=O) groups is 1. The number of alkyl halides is 1. The second kappa shape index (κ2) is 9.59. The Morgan fingerprint density at radius 2 is 1.88 bits per heavy atom. The highest BCUT2D eigenvalue weighted by atomic mass is 35.5. The van der Waals surface area contributed by atoms with E-state index < -0.39 is 5.91 Å². The van der Waals surface area contributed by atoms with Gasteiger partial charge in [-0.1, -0.05) is 12.1 Å². The Morgan fingerprint density at radius 1 is 1.19 bits per heavy atom. The van der Waals surface area contributed by atoms with Gasteiger partial charge in [-0.25, -0.2) is 4.99 Å². The maximum atomic E-state index is 12.4. The summed E-state index contributed by atoms with van der Waals surface area (Å²) in [6, 6.07) is 13.9. The number of methoxy groups -OCH3 is 1. The van der Waals surface area contributed by atoms with Gasteiger partial charge in [-0.3, -0.25) is 15.6 Å². The van der Waals surface area contributed by atoms with Crippen molar-refractivity contribution in [2.24, 2.45) is 10.7 Å². The van der Waals surface area contributed by atoms with Crippen LogP contribution in [-0.4, -0.2) is 29.8 Å². The number of nitrogens with two attached hydrogens (primary N) is 1. The van der Waals surface area contributed by atoms with Crippen LogP contribution in [0.1, 0.15) is 10.4 Å². The highest BCUT2D eigenvalue weighted by molar-refractivity contribution is 7.80. The molecule has 0 aromatic heterocycles. The molecule has 0 heterocycles. The highest BCUT2D eigenvalue weighted by Gasteiger charge is 2.11. The second-order valence-corrected chi connectivity index (χ2v) is 5.69. The van der Waals surface area contributed by atoms with E-state index in [0.29, 0.717) is 11.3 Å². The van der Waals surface area contributed by atoms with E-state index in [2.05, 4.69) is 21.2 Å². The lowest BCUT2D eigenvalue weighted by Crippen LogP contribution is -2.43. The van der Waals surface area contributed by atoms with Gasteiger partial charge in [0.05, 0.1) is 24.2 Å². The van der Waals surface area contributed by atoms with E-state index in [1.807, 2.05) is 0 Å². The normalized spacial score (nSPS) is 10.8. The first kappa shape index (κ1) is 19.5. The maximum absolute atomic E-state index is 12.4. The molecular formula is C17H18ClN5O2S. The fourth-order valence-electron chi connectivity index (χ4n) is 1.97. The summed E-state index contributed by atoms with van der Waals surface area (Å²) in [5.41, 5.74) is 12.3. The first-order valence-corrected chi connectivity index (χ1v) is 8.47. The quantitative estimate of drug-likeness (QED) is 0.205. The number of carbonyl (C=O) groups excluding carboxylic acids is 1.